The van der Waals surface area contributed by atoms with Crippen LogP contribution in [0, 0.1) is 11.8 Å². The Kier molecular flexibility index (Phi) is 6.17. The predicted octanol–water partition coefficient (Wildman–Crippen LogP) is 5.34. The molecule has 0 aliphatic carbocycles. The molecular weight excluding hydrogens is 470 g/mol. The van der Waals surface area contributed by atoms with Crippen LogP contribution in [0.1, 0.15) is 52.9 Å². The Bertz CT molecular complexity index is 1350. The highest BCUT2D eigenvalue weighted by molar-refractivity contribution is 6.32. The molecule has 3 atom stereocenters. The maximum absolute atomic E-state index is 13.3. The van der Waals surface area contributed by atoms with Gasteiger partial charge >= 0.3 is 0 Å². The number of rotatable bonds is 3. The number of carbonyl (C=O) groups excluding carboxylic acids is 1. The highest BCUT2D eigenvalue weighted by atomic mass is 35.5. The lowest BCUT2D eigenvalue weighted by molar-refractivity contribution is 0.0662. The first-order valence-electron chi connectivity index (χ1n) is 12.6. The fourth-order valence-corrected chi connectivity index (χ4v) is 6.00. The van der Waals surface area contributed by atoms with E-state index in [1.165, 1.54) is 12.8 Å². The zero-order chi connectivity index (χ0) is 24.6. The van der Waals surface area contributed by atoms with E-state index >= 15 is 0 Å². The summed E-state index contributed by atoms with van der Waals surface area (Å²) in [5.41, 5.74) is 4.14. The number of hydrogen-bond acceptors (Lipinski definition) is 4. The lowest BCUT2D eigenvalue weighted by Gasteiger charge is -2.36. The van der Waals surface area contributed by atoms with Gasteiger partial charge in [-0.25, -0.2) is 4.98 Å². The number of fused-ring (bicyclic) bond motifs is 3. The highest BCUT2D eigenvalue weighted by Crippen LogP contribution is 2.38. The minimum absolute atomic E-state index is 0.0166. The Labute approximate surface area is 217 Å². The summed E-state index contributed by atoms with van der Waals surface area (Å²) in [4.78, 5) is 21.9. The monoisotopic (exact) mass is 497 g/mol. The van der Waals surface area contributed by atoms with Crippen LogP contribution in [-0.2, 0) is 6.42 Å². The van der Waals surface area contributed by atoms with Gasteiger partial charge in [-0.05, 0) is 99.2 Å². The molecule has 36 heavy (non-hydrogen) atoms. The number of carbonyl (C=O) groups is 1. The van der Waals surface area contributed by atoms with Gasteiger partial charge in [0, 0.05) is 41.6 Å². The number of aromatic nitrogens is 1. The van der Waals surface area contributed by atoms with Crippen LogP contribution < -0.4 is 9.64 Å². The number of hydrogen-bond donors (Lipinski definition) is 0. The van der Waals surface area contributed by atoms with Gasteiger partial charge < -0.3 is 14.5 Å². The maximum atomic E-state index is 13.3. The van der Waals surface area contributed by atoms with Gasteiger partial charge in [0.15, 0.2) is 0 Å². The molecule has 3 aliphatic heterocycles. The molecule has 6 heteroatoms. The molecule has 2 bridgehead atoms. The molecule has 182 valence electrons. The van der Waals surface area contributed by atoms with Crippen molar-refractivity contribution in [3.8, 4) is 17.6 Å². The van der Waals surface area contributed by atoms with Crippen molar-refractivity contribution in [2.45, 2.75) is 50.3 Å². The van der Waals surface area contributed by atoms with E-state index in [2.05, 4.69) is 28.8 Å². The number of pyridine rings is 1. The summed E-state index contributed by atoms with van der Waals surface area (Å²) in [5, 5.41) is 0.553. The summed E-state index contributed by atoms with van der Waals surface area (Å²) in [6.07, 6.45) is 7.28. The first kappa shape index (κ1) is 23.1. The van der Waals surface area contributed by atoms with Gasteiger partial charge in [-0.3, -0.25) is 4.79 Å². The van der Waals surface area contributed by atoms with Crippen LogP contribution in [0.2, 0.25) is 5.02 Å². The van der Waals surface area contributed by atoms with E-state index in [4.69, 9.17) is 16.3 Å². The molecule has 0 spiro atoms. The second kappa shape index (κ2) is 9.61. The Morgan fingerprint density at radius 2 is 1.86 bits per heavy atom. The quantitative estimate of drug-likeness (QED) is 0.458. The van der Waals surface area contributed by atoms with Crippen molar-refractivity contribution in [3.63, 3.8) is 0 Å². The molecule has 2 saturated heterocycles. The van der Waals surface area contributed by atoms with Crippen LogP contribution in [0.5, 0.6) is 5.75 Å². The molecule has 2 fully saturated rings. The first-order valence-corrected chi connectivity index (χ1v) is 13.0. The second-order valence-electron chi connectivity index (χ2n) is 9.92. The van der Waals surface area contributed by atoms with Crippen molar-refractivity contribution < 1.29 is 9.53 Å². The van der Waals surface area contributed by atoms with Crippen molar-refractivity contribution in [1.82, 2.24) is 9.88 Å². The van der Waals surface area contributed by atoms with Gasteiger partial charge in [0.25, 0.3) is 5.91 Å². The number of benzene rings is 2. The first-order chi connectivity index (χ1) is 17.5. The molecule has 0 unspecified atom stereocenters. The number of ether oxygens (including phenoxy) is 1. The van der Waals surface area contributed by atoms with Crippen LogP contribution in [0.4, 0.5) is 5.69 Å². The number of anilines is 1. The standard InChI is InChI=1S/C30H28ClN3O2/c1-33-23-8-9-24(33)18-26(17-23)36-29-12-10-25(19-28(29)31)34-15-13-21-16-20(6-11-27(21)30(34)35)5-7-22-4-2-3-14-32-22/h2-4,6,10-12,14,16,19,23-24,26H,8-9,13,15,17-18H2,1H3/t23-,24+,26+. The lowest BCUT2D eigenvalue weighted by Crippen LogP contribution is -2.43. The third kappa shape index (κ3) is 4.48. The summed E-state index contributed by atoms with van der Waals surface area (Å²) < 4.78 is 6.33. The molecule has 2 aromatic carbocycles. The summed E-state index contributed by atoms with van der Waals surface area (Å²) in [5.74, 6) is 6.92. The largest absolute Gasteiger partial charge is 0.489 e. The lowest BCUT2D eigenvalue weighted by atomic mass is 9.96. The van der Waals surface area contributed by atoms with Gasteiger partial charge in [0.1, 0.15) is 17.5 Å². The van der Waals surface area contributed by atoms with Gasteiger partial charge in [-0.15, -0.1) is 0 Å². The maximum Gasteiger partial charge on any atom is 0.258 e. The van der Waals surface area contributed by atoms with Gasteiger partial charge in [0.05, 0.1) is 5.02 Å². The zero-order valence-electron chi connectivity index (χ0n) is 20.3. The van der Waals surface area contributed by atoms with Crippen molar-refractivity contribution in [1.29, 1.82) is 0 Å². The summed E-state index contributed by atoms with van der Waals surface area (Å²) in [6.45, 7) is 0.595. The van der Waals surface area contributed by atoms with Gasteiger partial charge in [-0.2, -0.15) is 0 Å². The molecular formula is C30H28ClN3O2. The van der Waals surface area contributed by atoms with Gasteiger partial charge in [-0.1, -0.05) is 23.6 Å². The number of piperidine rings is 1. The summed E-state index contributed by atoms with van der Waals surface area (Å²) in [6, 6.07) is 18.4. The normalized spacial score (nSPS) is 23.1. The fourth-order valence-electron chi connectivity index (χ4n) is 5.78. The van der Waals surface area contributed by atoms with Crippen LogP contribution >= 0.6 is 11.6 Å². The molecule has 0 N–H and O–H groups in total. The van der Waals surface area contributed by atoms with Crippen LogP contribution in [-0.4, -0.2) is 47.6 Å². The topological polar surface area (TPSA) is 45.7 Å². The third-order valence-electron chi connectivity index (χ3n) is 7.76. The van der Waals surface area contributed by atoms with E-state index in [1.807, 2.05) is 54.6 Å². The molecule has 1 amide bonds. The zero-order valence-corrected chi connectivity index (χ0v) is 21.0. The van der Waals surface area contributed by atoms with Crippen LogP contribution in [0.15, 0.2) is 60.8 Å². The molecule has 0 radical (unpaired) electrons. The van der Waals surface area contributed by atoms with Crippen molar-refractivity contribution in [2.75, 3.05) is 18.5 Å². The van der Waals surface area contributed by atoms with Gasteiger partial charge in [0.2, 0.25) is 0 Å². The SMILES string of the molecule is CN1[C@@H]2CC[C@H]1C[C@@H](Oc1ccc(N3CCc4cc(C#Cc5ccccn5)ccc4C3=O)cc1Cl)C2. The molecule has 0 saturated carbocycles. The average molecular weight is 498 g/mol. The number of halogens is 1. The van der Waals surface area contributed by atoms with E-state index in [1.54, 1.807) is 11.1 Å². The molecule has 3 aliphatic rings. The Balaban J connectivity index is 1.16. The van der Waals surface area contributed by atoms with E-state index in [-0.39, 0.29) is 12.0 Å². The Morgan fingerprint density at radius 1 is 1.03 bits per heavy atom. The van der Waals surface area contributed by atoms with Crippen molar-refractivity contribution in [3.05, 3.63) is 88.2 Å². The average Bonchev–Trinajstić information content (AvgIpc) is 3.09. The molecule has 6 rings (SSSR count). The van der Waals surface area contributed by atoms with E-state index in [0.717, 1.165) is 41.8 Å². The van der Waals surface area contributed by atoms with Crippen molar-refractivity contribution >= 4 is 23.2 Å². The van der Waals surface area contributed by atoms with E-state index in [9.17, 15) is 4.79 Å². The number of nitrogens with zero attached hydrogens (tertiary/aromatic N) is 3. The fraction of sp³-hybridized carbons (Fsp3) is 0.333. The summed E-state index contributed by atoms with van der Waals surface area (Å²) in [7, 11) is 2.23. The highest BCUT2D eigenvalue weighted by Gasteiger charge is 2.39. The Hall–Kier alpha value is -3.33. The minimum Gasteiger partial charge on any atom is -0.489 e. The molecule has 5 nitrogen and oxygen atoms in total. The number of amides is 1. The van der Waals surface area contributed by atoms with Crippen LogP contribution in [0.3, 0.4) is 0 Å². The van der Waals surface area contributed by atoms with Crippen LogP contribution in [0.25, 0.3) is 0 Å². The smallest absolute Gasteiger partial charge is 0.258 e. The van der Waals surface area contributed by atoms with Crippen molar-refractivity contribution in [2.24, 2.45) is 0 Å². The second-order valence-corrected chi connectivity index (χ2v) is 10.3. The molecule has 1 aromatic heterocycles. The predicted molar refractivity (Wildman–Crippen MR) is 142 cm³/mol. The van der Waals surface area contributed by atoms with E-state index < -0.39 is 0 Å². The molecule has 3 aromatic rings. The third-order valence-corrected chi connectivity index (χ3v) is 8.06. The summed E-state index contributed by atoms with van der Waals surface area (Å²) >= 11 is 6.65. The molecule has 4 heterocycles. The minimum atomic E-state index is -0.0166. The Morgan fingerprint density at radius 3 is 2.61 bits per heavy atom. The van der Waals surface area contributed by atoms with E-state index in [0.29, 0.717) is 35.0 Å².